The number of allylic oxidation sites excluding steroid dienone is 1. The lowest BCUT2D eigenvalue weighted by Gasteiger charge is -2.39. The quantitative estimate of drug-likeness (QED) is 0.0965. The van der Waals surface area contributed by atoms with Crippen molar-refractivity contribution in [3.8, 4) is 17.2 Å². The zero-order valence-corrected chi connectivity index (χ0v) is 38.1. The summed E-state index contributed by atoms with van der Waals surface area (Å²) in [7, 11) is -4.61. The van der Waals surface area contributed by atoms with Gasteiger partial charge in [-0.2, -0.15) is 0 Å². The molecule has 0 spiro atoms. The molecule has 13 nitrogen and oxygen atoms in total. The Morgan fingerprint density at radius 2 is 1.78 bits per heavy atom. The number of pyridine rings is 1. The number of halogens is 1. The number of hydrogen-bond donors (Lipinski definition) is 2. The van der Waals surface area contributed by atoms with Crippen LogP contribution in [0.25, 0.3) is 16.6 Å². The van der Waals surface area contributed by atoms with Crippen LogP contribution in [0.2, 0.25) is 5.02 Å². The minimum atomic E-state index is -4.61. The van der Waals surface area contributed by atoms with Crippen molar-refractivity contribution >= 4 is 55.5 Å². The van der Waals surface area contributed by atoms with Crippen LogP contribution < -0.4 is 19.1 Å². The molecule has 15 heteroatoms. The number of rotatable bonds is 11. The summed E-state index contributed by atoms with van der Waals surface area (Å²) in [5, 5.41) is 13.9. The third-order valence-corrected chi connectivity index (χ3v) is 15.4. The number of benzene rings is 3. The lowest BCUT2D eigenvalue weighted by atomic mass is 9.72. The Hall–Kier alpha value is -5.44. The van der Waals surface area contributed by atoms with E-state index in [-0.39, 0.29) is 34.1 Å². The van der Waals surface area contributed by atoms with E-state index in [2.05, 4.69) is 57.4 Å². The van der Waals surface area contributed by atoms with Gasteiger partial charge in [-0.1, -0.05) is 62.9 Å². The molecule has 0 radical (unpaired) electrons. The molecule has 64 heavy (non-hydrogen) atoms. The average Bonchev–Trinajstić information content (AvgIpc) is 3.75. The lowest BCUT2D eigenvalue weighted by Crippen LogP contribution is -2.47. The molecule has 2 aliphatic heterocycles. The van der Waals surface area contributed by atoms with Gasteiger partial charge >= 0.3 is 0 Å². The number of aromatic nitrogens is 2. The van der Waals surface area contributed by atoms with Crippen LogP contribution in [-0.4, -0.2) is 73.4 Å². The van der Waals surface area contributed by atoms with E-state index in [1.54, 1.807) is 30.5 Å². The monoisotopic (exact) mass is 906 g/mol. The highest BCUT2D eigenvalue weighted by molar-refractivity contribution is 7.90. The van der Waals surface area contributed by atoms with Gasteiger partial charge in [-0.15, -0.1) is 0 Å². The van der Waals surface area contributed by atoms with Gasteiger partial charge in [0.15, 0.2) is 0 Å². The second-order valence-corrected chi connectivity index (χ2v) is 21.1. The molecule has 2 fully saturated rings. The molecular weight excluding hydrogens is 852 g/mol. The number of hydrogen-bond acceptors (Lipinski definition) is 10. The van der Waals surface area contributed by atoms with Crippen molar-refractivity contribution in [2.75, 3.05) is 44.2 Å². The second-order valence-electron chi connectivity index (χ2n) is 19.0. The number of anilines is 1. The molecule has 1 atom stereocenters. The summed E-state index contributed by atoms with van der Waals surface area (Å²) in [5.74, 6) is 0.870. The normalized spacial score (nSPS) is 21.6. The Labute approximate surface area is 379 Å². The Morgan fingerprint density at radius 1 is 1.02 bits per heavy atom. The maximum Gasteiger partial charge on any atom is 0.277 e. The number of nitrogens with zero attached hydrogens (tertiary/aromatic N) is 4. The van der Waals surface area contributed by atoms with Crippen LogP contribution in [0.4, 0.5) is 11.4 Å². The summed E-state index contributed by atoms with van der Waals surface area (Å²) >= 11 is 6.25. The van der Waals surface area contributed by atoms with Crippen LogP contribution in [0.15, 0.2) is 89.6 Å². The summed E-state index contributed by atoms with van der Waals surface area (Å²) in [5.41, 5.74) is 5.85. The summed E-state index contributed by atoms with van der Waals surface area (Å²) < 4.78 is 42.5. The molecule has 2 aromatic heterocycles. The van der Waals surface area contributed by atoms with E-state index < -0.39 is 25.7 Å². The predicted octanol–water partition coefficient (Wildman–Crippen LogP) is 10.2. The Bertz CT molecular complexity index is 2720. The molecule has 4 heterocycles. The Kier molecular flexibility index (Phi) is 12.2. The number of nitrogens with one attached hydrogen (secondary N) is 2. The molecule has 9 rings (SSSR count). The van der Waals surface area contributed by atoms with E-state index in [0.717, 1.165) is 99.8 Å². The standard InChI is InChI=1S/C49H55ClN6O7S/c1-31-4-6-32(7-5-31)36-23-42-44(56(58)59)25-40(26-45(42)62-30-36)64(60,61)53-48(57)41-13-12-38(24-46(41)63-39-22-34-15-17-51-47(34)52-28-39)55-20-18-54(19-21-55)29-35-14-16-49(2,3)27-43(35)33-8-10-37(50)11-9-33/h8-13,15,17,22,24-26,28,31-32,36H,4-7,14,16,18-21,23,27,29-30H2,1-3H3,(H,51,52)(H,53,57)/t31?,32?,36-/m0/s1. The van der Waals surface area contributed by atoms with Crippen molar-refractivity contribution < 1.29 is 27.6 Å². The van der Waals surface area contributed by atoms with Gasteiger partial charge in [0.2, 0.25) is 0 Å². The maximum absolute atomic E-state index is 14.1. The number of nitro groups is 1. The van der Waals surface area contributed by atoms with Crippen LogP contribution >= 0.6 is 11.6 Å². The number of H-pyrrole nitrogens is 1. The van der Waals surface area contributed by atoms with Gasteiger partial charge in [0.1, 0.15) is 22.9 Å². The number of amides is 1. The number of aromatic amines is 1. The molecule has 0 unspecified atom stereocenters. The van der Waals surface area contributed by atoms with Crippen LogP contribution in [0.3, 0.4) is 0 Å². The third kappa shape index (κ3) is 9.50. The molecule has 336 valence electrons. The minimum Gasteiger partial charge on any atom is -0.493 e. The summed E-state index contributed by atoms with van der Waals surface area (Å²) in [6.45, 7) is 11.3. The molecule has 4 aliphatic rings. The lowest BCUT2D eigenvalue weighted by molar-refractivity contribution is -0.386. The number of ether oxygens (including phenoxy) is 2. The number of carbonyl (C=O) groups excluding carboxylic acids is 1. The van der Waals surface area contributed by atoms with E-state index in [0.29, 0.717) is 41.8 Å². The fourth-order valence-electron chi connectivity index (χ4n) is 10.1. The highest BCUT2D eigenvalue weighted by atomic mass is 35.5. The zero-order valence-electron chi connectivity index (χ0n) is 36.6. The van der Waals surface area contributed by atoms with E-state index in [9.17, 15) is 23.3 Å². The van der Waals surface area contributed by atoms with Crippen molar-refractivity contribution in [3.63, 3.8) is 0 Å². The number of nitro benzene ring substituents is 1. The molecule has 2 N–H and O–H groups in total. The Balaban J connectivity index is 0.943. The molecule has 5 aromatic rings. The molecule has 1 saturated carbocycles. The van der Waals surface area contributed by atoms with E-state index in [1.165, 1.54) is 29.0 Å². The number of piperazine rings is 1. The highest BCUT2D eigenvalue weighted by Gasteiger charge is 2.36. The molecular formula is C49H55ClN6O7S. The van der Waals surface area contributed by atoms with Gasteiger partial charge in [0.05, 0.1) is 33.7 Å². The smallest absolute Gasteiger partial charge is 0.277 e. The number of fused-ring (bicyclic) bond motifs is 2. The molecule has 1 amide bonds. The molecule has 3 aromatic carbocycles. The zero-order chi connectivity index (χ0) is 44.8. The fourth-order valence-corrected chi connectivity index (χ4v) is 11.2. The van der Waals surface area contributed by atoms with Crippen molar-refractivity contribution in [2.24, 2.45) is 23.2 Å². The molecule has 0 bridgehead atoms. The highest BCUT2D eigenvalue weighted by Crippen LogP contribution is 2.45. The summed E-state index contributed by atoms with van der Waals surface area (Å²) in [6, 6.07) is 19.3. The van der Waals surface area contributed by atoms with E-state index in [1.807, 2.05) is 18.2 Å². The predicted molar refractivity (Wildman–Crippen MR) is 249 cm³/mol. The first-order valence-electron chi connectivity index (χ1n) is 22.4. The first-order chi connectivity index (χ1) is 30.7. The van der Waals surface area contributed by atoms with Crippen molar-refractivity contribution in [2.45, 2.75) is 77.0 Å². The summed E-state index contributed by atoms with van der Waals surface area (Å²) in [6.07, 6.45) is 11.3. The van der Waals surface area contributed by atoms with Gasteiger partial charge in [-0.05, 0) is 103 Å². The van der Waals surface area contributed by atoms with Gasteiger partial charge in [0, 0.05) is 79.1 Å². The maximum atomic E-state index is 14.1. The Morgan fingerprint density at radius 3 is 2.53 bits per heavy atom. The van der Waals surface area contributed by atoms with Crippen molar-refractivity contribution in [3.05, 3.63) is 117 Å². The van der Waals surface area contributed by atoms with Crippen molar-refractivity contribution in [1.29, 1.82) is 0 Å². The van der Waals surface area contributed by atoms with Crippen molar-refractivity contribution in [1.82, 2.24) is 19.6 Å². The summed E-state index contributed by atoms with van der Waals surface area (Å²) in [4.78, 5) is 37.7. The first-order valence-corrected chi connectivity index (χ1v) is 24.2. The van der Waals surface area contributed by atoms with Gasteiger partial charge in [0.25, 0.3) is 21.6 Å². The SMILES string of the molecule is CC1CCC([C@@H]2COc3cc(S(=O)(=O)NC(=O)c4ccc(N5CCN(CC6=C(c7ccc(Cl)cc7)CC(C)(C)CC6)CC5)cc4Oc4cnc5[nH]ccc5c4)cc([N+](=O)[O-])c3C2)CC1. The molecule has 2 aliphatic carbocycles. The van der Waals surface area contributed by atoms with E-state index in [4.69, 9.17) is 21.1 Å². The third-order valence-electron chi connectivity index (χ3n) is 13.9. The fraction of sp³-hybridized carbons (Fsp3) is 0.429. The average molecular weight is 908 g/mol. The second kappa shape index (κ2) is 17.9. The van der Waals surface area contributed by atoms with E-state index >= 15 is 0 Å². The number of sulfonamides is 1. The van der Waals surface area contributed by atoms with Gasteiger partial charge in [-0.25, -0.2) is 18.1 Å². The minimum absolute atomic E-state index is 0.0321. The van der Waals surface area contributed by atoms with Crippen LogP contribution in [-0.2, 0) is 16.4 Å². The first kappa shape index (κ1) is 43.8. The topological polar surface area (TPSA) is 160 Å². The number of carbonyl (C=O) groups is 1. The largest absolute Gasteiger partial charge is 0.493 e. The van der Waals surface area contributed by atoms with Crippen LogP contribution in [0.5, 0.6) is 17.2 Å². The molecule has 1 saturated heterocycles. The van der Waals surface area contributed by atoms with Gasteiger partial charge < -0.3 is 19.4 Å². The van der Waals surface area contributed by atoms with Crippen LogP contribution in [0, 0.1) is 33.3 Å². The van der Waals surface area contributed by atoms with Crippen LogP contribution in [0.1, 0.15) is 87.2 Å². The van der Waals surface area contributed by atoms with Gasteiger partial charge in [-0.3, -0.25) is 19.8 Å².